The van der Waals surface area contributed by atoms with Crippen molar-refractivity contribution in [3.63, 3.8) is 0 Å². The molecule has 0 spiro atoms. The first-order chi connectivity index (χ1) is 16.7. The van der Waals surface area contributed by atoms with Gasteiger partial charge in [-0.05, 0) is 51.0 Å². The maximum Gasteiger partial charge on any atom is 0.433 e. The van der Waals surface area contributed by atoms with Crippen LogP contribution in [0.4, 0.5) is 43.9 Å². The summed E-state index contributed by atoms with van der Waals surface area (Å²) >= 11 is 0. The lowest BCUT2D eigenvalue weighted by Crippen LogP contribution is -2.46. The predicted octanol–water partition coefficient (Wildman–Crippen LogP) is 4.85. The zero-order valence-electron chi connectivity index (χ0n) is 19.1. The highest BCUT2D eigenvalue weighted by Crippen LogP contribution is 2.33. The van der Waals surface area contributed by atoms with E-state index in [0.29, 0.717) is 19.4 Å². The van der Waals surface area contributed by atoms with Crippen molar-refractivity contribution in [3.05, 3.63) is 47.9 Å². The molecule has 3 aromatic heterocycles. The van der Waals surface area contributed by atoms with Crippen molar-refractivity contribution in [1.29, 1.82) is 0 Å². The number of hydrogen-bond acceptors (Lipinski definition) is 8. The lowest BCUT2D eigenvalue weighted by Gasteiger charge is -2.33. The molecule has 0 aromatic carbocycles. The maximum atomic E-state index is 13.2. The Bertz CT molecular complexity index is 1240. The van der Waals surface area contributed by atoms with Crippen molar-refractivity contribution in [2.24, 2.45) is 0 Å². The first-order valence-corrected chi connectivity index (χ1v) is 10.8. The fraction of sp³-hybridized carbons (Fsp3) is 0.409. The number of aliphatic hydroxyl groups is 1. The van der Waals surface area contributed by atoms with Gasteiger partial charge in [0.15, 0.2) is 5.82 Å². The standard InChI is InChI=1S/C22H21F6N7O/c1-20(2,36)16-7-4-10-35(16)19-33-17(13-5-3-6-14(31-13)21(23,24)25)32-18(34-19)30-12-8-9-29-15(11-12)22(26,27)28/h3,5-6,8-9,11,16,36H,4,7,10H2,1-2H3,(H,29,30,32,33,34). The number of rotatable bonds is 5. The second kappa shape index (κ2) is 9.15. The molecule has 0 radical (unpaired) electrons. The molecule has 0 aliphatic carbocycles. The molecule has 8 nitrogen and oxygen atoms in total. The van der Waals surface area contributed by atoms with Crippen LogP contribution in [0.2, 0.25) is 0 Å². The van der Waals surface area contributed by atoms with Gasteiger partial charge < -0.3 is 15.3 Å². The zero-order valence-corrected chi connectivity index (χ0v) is 19.1. The van der Waals surface area contributed by atoms with Gasteiger partial charge in [-0.25, -0.2) is 4.98 Å². The van der Waals surface area contributed by atoms with Crippen molar-refractivity contribution in [1.82, 2.24) is 24.9 Å². The Morgan fingerprint density at radius 3 is 2.33 bits per heavy atom. The van der Waals surface area contributed by atoms with E-state index in [1.807, 2.05) is 0 Å². The molecule has 1 aliphatic rings. The van der Waals surface area contributed by atoms with Crippen LogP contribution in [-0.2, 0) is 12.4 Å². The first-order valence-electron chi connectivity index (χ1n) is 10.8. The highest BCUT2D eigenvalue weighted by molar-refractivity contribution is 5.59. The molecule has 14 heteroatoms. The smallest absolute Gasteiger partial charge is 0.388 e. The monoisotopic (exact) mass is 513 g/mol. The minimum atomic E-state index is -4.71. The van der Waals surface area contributed by atoms with Gasteiger partial charge in [0.05, 0.1) is 11.6 Å². The lowest BCUT2D eigenvalue weighted by molar-refractivity contribution is -0.141. The van der Waals surface area contributed by atoms with Gasteiger partial charge in [-0.3, -0.25) is 4.98 Å². The number of alkyl halides is 6. The van der Waals surface area contributed by atoms with E-state index < -0.39 is 35.4 Å². The van der Waals surface area contributed by atoms with Crippen LogP contribution in [0, 0.1) is 0 Å². The molecule has 4 rings (SSSR count). The zero-order chi connectivity index (χ0) is 26.3. The Morgan fingerprint density at radius 2 is 1.67 bits per heavy atom. The molecule has 0 amide bonds. The molecule has 1 aliphatic heterocycles. The third-order valence-electron chi connectivity index (χ3n) is 5.52. The molecule has 2 N–H and O–H groups in total. The summed E-state index contributed by atoms with van der Waals surface area (Å²) in [6.45, 7) is 3.67. The first kappa shape index (κ1) is 25.5. The number of halogens is 6. The number of aromatic nitrogens is 5. The van der Waals surface area contributed by atoms with Gasteiger partial charge in [-0.1, -0.05) is 6.07 Å². The van der Waals surface area contributed by atoms with E-state index in [1.54, 1.807) is 18.7 Å². The Balaban J connectivity index is 1.80. The molecular formula is C22H21F6N7O. The van der Waals surface area contributed by atoms with Gasteiger partial charge in [0.2, 0.25) is 11.9 Å². The number of hydrogen-bond donors (Lipinski definition) is 2. The fourth-order valence-electron chi connectivity index (χ4n) is 3.91. The summed E-state index contributed by atoms with van der Waals surface area (Å²) in [4.78, 5) is 21.3. The highest BCUT2D eigenvalue weighted by atomic mass is 19.4. The average molecular weight is 513 g/mol. The number of pyridine rings is 2. The van der Waals surface area contributed by atoms with Gasteiger partial charge in [-0.15, -0.1) is 0 Å². The van der Waals surface area contributed by atoms with Gasteiger partial charge in [0.25, 0.3) is 0 Å². The SMILES string of the molecule is CC(C)(O)C1CCCN1c1nc(Nc2ccnc(C(F)(F)F)c2)nc(-c2cccc(C(F)(F)F)n2)n1. The van der Waals surface area contributed by atoms with Crippen LogP contribution in [-0.4, -0.2) is 48.2 Å². The summed E-state index contributed by atoms with van der Waals surface area (Å²) < 4.78 is 79.0. The number of nitrogens with zero attached hydrogens (tertiary/aromatic N) is 6. The third kappa shape index (κ3) is 5.64. The van der Waals surface area contributed by atoms with Crippen LogP contribution < -0.4 is 10.2 Å². The number of nitrogens with one attached hydrogen (secondary N) is 1. The normalized spacial score (nSPS) is 16.9. The van der Waals surface area contributed by atoms with Crippen molar-refractivity contribution in [3.8, 4) is 11.5 Å². The highest BCUT2D eigenvalue weighted by Gasteiger charge is 2.38. The van der Waals surface area contributed by atoms with Crippen LogP contribution in [0.3, 0.4) is 0 Å². The minimum Gasteiger partial charge on any atom is -0.388 e. The molecule has 36 heavy (non-hydrogen) atoms. The second-order valence-corrected chi connectivity index (χ2v) is 8.75. The lowest BCUT2D eigenvalue weighted by atomic mass is 9.97. The number of anilines is 3. The molecule has 4 heterocycles. The van der Waals surface area contributed by atoms with Crippen molar-refractivity contribution < 1.29 is 31.4 Å². The maximum absolute atomic E-state index is 13.2. The minimum absolute atomic E-state index is 0.0384. The van der Waals surface area contributed by atoms with E-state index in [1.165, 1.54) is 12.1 Å². The quantitative estimate of drug-likeness (QED) is 0.467. The van der Waals surface area contributed by atoms with Crippen LogP contribution in [0.5, 0.6) is 0 Å². The molecule has 3 aromatic rings. The molecule has 1 saturated heterocycles. The summed E-state index contributed by atoms with van der Waals surface area (Å²) in [5.74, 6) is -0.397. The average Bonchev–Trinajstić information content (AvgIpc) is 3.29. The molecule has 192 valence electrons. The van der Waals surface area contributed by atoms with Crippen LogP contribution in [0.25, 0.3) is 11.5 Å². The van der Waals surface area contributed by atoms with E-state index in [-0.39, 0.29) is 29.1 Å². The summed E-state index contributed by atoms with van der Waals surface area (Å²) in [6, 6.07) is 4.83. The van der Waals surface area contributed by atoms with E-state index >= 15 is 0 Å². The predicted molar refractivity (Wildman–Crippen MR) is 117 cm³/mol. The Hall–Kier alpha value is -3.55. The molecule has 1 atom stereocenters. The van der Waals surface area contributed by atoms with E-state index in [4.69, 9.17) is 0 Å². The Labute approximate surface area is 201 Å². The summed E-state index contributed by atoms with van der Waals surface area (Å²) in [5, 5.41) is 13.2. The second-order valence-electron chi connectivity index (χ2n) is 8.75. The van der Waals surface area contributed by atoms with Crippen molar-refractivity contribution in [2.75, 3.05) is 16.8 Å². The molecule has 1 fully saturated rings. The third-order valence-corrected chi connectivity index (χ3v) is 5.52. The van der Waals surface area contributed by atoms with E-state index in [2.05, 4.69) is 30.2 Å². The molecule has 0 saturated carbocycles. The van der Waals surface area contributed by atoms with Crippen LogP contribution in [0.1, 0.15) is 38.1 Å². The van der Waals surface area contributed by atoms with Crippen molar-refractivity contribution in [2.45, 2.75) is 50.7 Å². The Morgan fingerprint density at radius 1 is 0.944 bits per heavy atom. The van der Waals surface area contributed by atoms with E-state index in [0.717, 1.165) is 24.4 Å². The van der Waals surface area contributed by atoms with E-state index in [9.17, 15) is 31.4 Å². The van der Waals surface area contributed by atoms with Gasteiger partial charge >= 0.3 is 12.4 Å². The summed E-state index contributed by atoms with van der Waals surface area (Å²) in [7, 11) is 0. The van der Waals surface area contributed by atoms with Crippen LogP contribution in [0.15, 0.2) is 36.5 Å². The topological polar surface area (TPSA) is 100.0 Å². The Kier molecular flexibility index (Phi) is 6.49. The van der Waals surface area contributed by atoms with Crippen LogP contribution >= 0.6 is 0 Å². The van der Waals surface area contributed by atoms with Gasteiger partial charge in [-0.2, -0.15) is 41.3 Å². The molecule has 1 unspecified atom stereocenters. The summed E-state index contributed by atoms with van der Waals surface area (Å²) in [6.07, 6.45) is -7.15. The largest absolute Gasteiger partial charge is 0.433 e. The fourth-order valence-corrected chi connectivity index (χ4v) is 3.91. The van der Waals surface area contributed by atoms with Gasteiger partial charge in [0.1, 0.15) is 17.1 Å². The summed E-state index contributed by atoms with van der Waals surface area (Å²) in [5.41, 5.74) is -3.71. The van der Waals surface area contributed by atoms with Gasteiger partial charge in [0, 0.05) is 18.4 Å². The molecule has 0 bridgehead atoms. The van der Waals surface area contributed by atoms with Crippen molar-refractivity contribution >= 4 is 17.6 Å². The molecular weight excluding hydrogens is 492 g/mol.